The lowest BCUT2D eigenvalue weighted by Gasteiger charge is -2.42. The van der Waals surface area contributed by atoms with Crippen molar-refractivity contribution in [2.45, 2.75) is 60.5 Å². The number of likely N-dealkylation sites (tertiary alicyclic amines) is 1. The molecule has 3 nitrogen and oxygen atoms in total. The maximum absolute atomic E-state index is 12.3. The molecule has 1 heterocycles. The number of ether oxygens (including phenoxy) is 1. The summed E-state index contributed by atoms with van der Waals surface area (Å²) >= 11 is 0. The topological polar surface area (TPSA) is 29.5 Å². The quantitative estimate of drug-likeness (QED) is 0.698. The van der Waals surface area contributed by atoms with Crippen LogP contribution in [0.4, 0.5) is 4.79 Å². The molecule has 1 amide bonds. The van der Waals surface area contributed by atoms with Crippen LogP contribution in [-0.4, -0.2) is 29.7 Å². The number of carbonyl (C=O) groups is 1. The first-order valence-corrected chi connectivity index (χ1v) is 7.49. The van der Waals surface area contributed by atoms with E-state index in [2.05, 4.69) is 34.3 Å². The summed E-state index contributed by atoms with van der Waals surface area (Å²) in [6.07, 6.45) is 2.71. The van der Waals surface area contributed by atoms with Crippen LogP contribution < -0.4 is 0 Å². The summed E-state index contributed by atoms with van der Waals surface area (Å²) in [7, 11) is 0. The SMILES string of the molecule is C=CC[C@H]1CN(C(=O)OC(C)(C)C)C[C@@]1(C)C(C)(C)C. The minimum Gasteiger partial charge on any atom is -0.444 e. The zero-order valence-electron chi connectivity index (χ0n) is 14.2. The van der Waals surface area contributed by atoms with E-state index in [1.165, 1.54) is 0 Å². The third-order valence-corrected chi connectivity index (χ3v) is 4.68. The molecule has 1 rings (SSSR count). The van der Waals surface area contributed by atoms with Crippen LogP contribution in [-0.2, 0) is 4.74 Å². The van der Waals surface area contributed by atoms with E-state index in [9.17, 15) is 4.79 Å². The van der Waals surface area contributed by atoms with Crippen molar-refractivity contribution in [2.75, 3.05) is 13.1 Å². The van der Waals surface area contributed by atoms with E-state index in [0.717, 1.165) is 19.5 Å². The molecule has 0 aromatic carbocycles. The lowest BCUT2D eigenvalue weighted by molar-refractivity contribution is 0.0230. The van der Waals surface area contributed by atoms with Gasteiger partial charge in [0.05, 0.1) is 0 Å². The number of allylic oxidation sites excluding steroid dienone is 1. The molecular formula is C17H31NO2. The van der Waals surface area contributed by atoms with E-state index in [4.69, 9.17) is 4.74 Å². The molecule has 1 saturated heterocycles. The molecule has 1 aliphatic rings. The van der Waals surface area contributed by atoms with Gasteiger partial charge < -0.3 is 9.64 Å². The van der Waals surface area contributed by atoms with Crippen LogP contribution in [0.1, 0.15) is 54.9 Å². The van der Waals surface area contributed by atoms with Gasteiger partial charge in [0, 0.05) is 13.1 Å². The fraction of sp³-hybridized carbons (Fsp3) is 0.824. The number of hydrogen-bond donors (Lipinski definition) is 0. The molecule has 1 aliphatic heterocycles. The normalized spacial score (nSPS) is 27.6. The Morgan fingerprint density at radius 1 is 1.35 bits per heavy atom. The second-order valence-corrected chi connectivity index (χ2v) is 8.25. The highest BCUT2D eigenvalue weighted by Gasteiger charge is 2.51. The van der Waals surface area contributed by atoms with Crippen molar-refractivity contribution in [3.8, 4) is 0 Å². The Hall–Kier alpha value is -0.990. The summed E-state index contributed by atoms with van der Waals surface area (Å²) in [5.41, 5.74) is -0.221. The maximum Gasteiger partial charge on any atom is 0.410 e. The first-order chi connectivity index (χ1) is 8.90. The number of amides is 1. The lowest BCUT2D eigenvalue weighted by atomic mass is 9.62. The average Bonchev–Trinajstić information content (AvgIpc) is 2.55. The van der Waals surface area contributed by atoms with Crippen LogP contribution >= 0.6 is 0 Å². The first-order valence-electron chi connectivity index (χ1n) is 7.49. The molecule has 0 unspecified atom stereocenters. The van der Waals surface area contributed by atoms with E-state index < -0.39 is 5.60 Å². The molecule has 2 atom stereocenters. The summed E-state index contributed by atoms with van der Waals surface area (Å²) in [5.74, 6) is 0.438. The molecule has 0 bridgehead atoms. The van der Waals surface area contributed by atoms with Crippen molar-refractivity contribution < 1.29 is 9.53 Å². The summed E-state index contributed by atoms with van der Waals surface area (Å²) < 4.78 is 5.52. The van der Waals surface area contributed by atoms with Gasteiger partial charge in [-0.25, -0.2) is 4.79 Å². The van der Waals surface area contributed by atoms with Gasteiger partial charge in [-0.15, -0.1) is 6.58 Å². The number of hydrogen-bond acceptors (Lipinski definition) is 2. The van der Waals surface area contributed by atoms with Crippen molar-refractivity contribution in [1.29, 1.82) is 0 Å². The summed E-state index contributed by atoms with van der Waals surface area (Å²) in [4.78, 5) is 14.2. The molecule has 0 aromatic rings. The standard InChI is InChI=1S/C17H31NO2/c1-9-10-13-11-18(14(19)20-16(5,6)7)12-17(13,8)15(2,3)4/h9,13H,1,10-12H2,2-8H3/t13-,17+/m0/s1. The third-order valence-electron chi connectivity index (χ3n) is 4.68. The van der Waals surface area contributed by atoms with Gasteiger partial charge in [-0.3, -0.25) is 0 Å². The van der Waals surface area contributed by atoms with Gasteiger partial charge in [0.15, 0.2) is 0 Å². The van der Waals surface area contributed by atoms with Gasteiger partial charge in [-0.2, -0.15) is 0 Å². The second-order valence-electron chi connectivity index (χ2n) is 8.25. The molecule has 0 radical (unpaired) electrons. The maximum atomic E-state index is 12.3. The molecule has 1 fully saturated rings. The average molecular weight is 281 g/mol. The fourth-order valence-electron chi connectivity index (χ4n) is 2.91. The van der Waals surface area contributed by atoms with Crippen molar-refractivity contribution in [2.24, 2.45) is 16.7 Å². The van der Waals surface area contributed by atoms with Gasteiger partial charge in [-0.1, -0.05) is 33.8 Å². The van der Waals surface area contributed by atoms with Crippen LogP contribution in [0.25, 0.3) is 0 Å². The van der Waals surface area contributed by atoms with E-state index in [1.54, 1.807) is 0 Å². The van der Waals surface area contributed by atoms with Crippen molar-refractivity contribution >= 4 is 6.09 Å². The van der Waals surface area contributed by atoms with Gasteiger partial charge in [0.2, 0.25) is 0 Å². The van der Waals surface area contributed by atoms with Crippen LogP contribution in [0, 0.1) is 16.7 Å². The minimum atomic E-state index is -0.439. The largest absolute Gasteiger partial charge is 0.444 e. The summed E-state index contributed by atoms with van der Waals surface area (Å²) in [6.45, 7) is 20.1. The van der Waals surface area contributed by atoms with E-state index in [0.29, 0.717) is 5.92 Å². The monoisotopic (exact) mass is 281 g/mol. The number of nitrogens with zero attached hydrogens (tertiary/aromatic N) is 1. The van der Waals surface area contributed by atoms with Crippen molar-refractivity contribution in [3.05, 3.63) is 12.7 Å². The molecule has 3 heteroatoms. The zero-order chi connectivity index (χ0) is 15.8. The van der Waals surface area contributed by atoms with Gasteiger partial charge in [0.25, 0.3) is 0 Å². The highest BCUT2D eigenvalue weighted by Crippen LogP contribution is 2.50. The van der Waals surface area contributed by atoms with Crippen LogP contribution in [0.5, 0.6) is 0 Å². The minimum absolute atomic E-state index is 0.0814. The molecule has 0 saturated carbocycles. The predicted octanol–water partition coefficient (Wildman–Crippen LogP) is 4.48. The Labute approximate surface area is 124 Å². The number of rotatable bonds is 2. The van der Waals surface area contributed by atoms with Gasteiger partial charge >= 0.3 is 6.09 Å². The Bertz CT molecular complexity index is 375. The van der Waals surface area contributed by atoms with E-state index in [1.807, 2.05) is 31.7 Å². The first kappa shape index (κ1) is 17.1. The van der Waals surface area contributed by atoms with E-state index in [-0.39, 0.29) is 16.9 Å². The Morgan fingerprint density at radius 3 is 2.30 bits per heavy atom. The predicted molar refractivity (Wildman–Crippen MR) is 83.7 cm³/mol. The molecule has 0 N–H and O–H groups in total. The van der Waals surface area contributed by atoms with Gasteiger partial charge in [-0.05, 0) is 43.9 Å². The fourth-order valence-corrected chi connectivity index (χ4v) is 2.91. The molecule has 0 spiro atoms. The smallest absolute Gasteiger partial charge is 0.410 e. The highest BCUT2D eigenvalue weighted by atomic mass is 16.6. The molecular weight excluding hydrogens is 250 g/mol. The third kappa shape index (κ3) is 3.56. The van der Waals surface area contributed by atoms with Crippen molar-refractivity contribution in [1.82, 2.24) is 4.90 Å². The van der Waals surface area contributed by atoms with Crippen LogP contribution in [0.3, 0.4) is 0 Å². The Kier molecular flexibility index (Phi) is 4.62. The highest BCUT2D eigenvalue weighted by molar-refractivity contribution is 5.68. The number of carbonyl (C=O) groups excluding carboxylic acids is 1. The Balaban J connectivity index is 2.91. The van der Waals surface area contributed by atoms with Crippen LogP contribution in [0.2, 0.25) is 0 Å². The molecule has 116 valence electrons. The molecule has 0 aliphatic carbocycles. The molecule has 20 heavy (non-hydrogen) atoms. The summed E-state index contributed by atoms with van der Waals surface area (Å²) in [5, 5.41) is 0. The van der Waals surface area contributed by atoms with Crippen molar-refractivity contribution in [3.63, 3.8) is 0 Å². The molecule has 0 aromatic heterocycles. The van der Waals surface area contributed by atoms with Crippen LogP contribution in [0.15, 0.2) is 12.7 Å². The zero-order valence-corrected chi connectivity index (χ0v) is 14.2. The lowest BCUT2D eigenvalue weighted by Crippen LogP contribution is -2.41. The Morgan fingerprint density at radius 2 is 1.90 bits per heavy atom. The van der Waals surface area contributed by atoms with E-state index >= 15 is 0 Å². The van der Waals surface area contributed by atoms with Gasteiger partial charge in [0.1, 0.15) is 5.60 Å². The second kappa shape index (κ2) is 5.42. The summed E-state index contributed by atoms with van der Waals surface area (Å²) in [6, 6.07) is 0.